The molecular formula is C18H12O4. The molecule has 4 nitrogen and oxygen atoms in total. The summed E-state index contributed by atoms with van der Waals surface area (Å²) in [7, 11) is 1.53. The first-order valence-electron chi connectivity index (χ1n) is 6.86. The summed E-state index contributed by atoms with van der Waals surface area (Å²) in [4.78, 5) is 12.7. The van der Waals surface area contributed by atoms with Crippen molar-refractivity contribution in [2.75, 3.05) is 7.11 Å². The number of benzene rings is 2. The number of fused-ring (bicyclic) bond motifs is 3. The van der Waals surface area contributed by atoms with Gasteiger partial charge >= 0.3 is 0 Å². The van der Waals surface area contributed by atoms with E-state index in [0.717, 1.165) is 10.8 Å². The highest BCUT2D eigenvalue weighted by Gasteiger charge is 2.24. The van der Waals surface area contributed by atoms with Gasteiger partial charge in [-0.15, -0.1) is 0 Å². The van der Waals surface area contributed by atoms with Crippen LogP contribution in [0.5, 0.6) is 5.75 Å². The summed E-state index contributed by atoms with van der Waals surface area (Å²) < 4.78 is 16.6. The maximum absolute atomic E-state index is 12.7. The summed E-state index contributed by atoms with van der Waals surface area (Å²) in [6.07, 6.45) is 1.60. The molecular weight excluding hydrogens is 280 g/mol. The number of rotatable bonds is 3. The summed E-state index contributed by atoms with van der Waals surface area (Å²) >= 11 is 0. The molecule has 0 bridgehead atoms. The molecule has 0 aliphatic carbocycles. The highest BCUT2D eigenvalue weighted by atomic mass is 16.5. The summed E-state index contributed by atoms with van der Waals surface area (Å²) in [5.41, 5.74) is 1.87. The molecule has 0 radical (unpaired) electrons. The van der Waals surface area contributed by atoms with Gasteiger partial charge in [0.05, 0.1) is 24.1 Å². The van der Waals surface area contributed by atoms with Crippen LogP contribution in [0.4, 0.5) is 0 Å². The number of carbonyl (C=O) groups excluding carboxylic acids is 1. The largest absolute Gasteiger partial charge is 0.492 e. The first kappa shape index (κ1) is 12.7. The Morgan fingerprint density at radius 1 is 1.00 bits per heavy atom. The van der Waals surface area contributed by atoms with Crippen LogP contribution < -0.4 is 4.74 Å². The maximum Gasteiger partial charge on any atom is 0.232 e. The van der Waals surface area contributed by atoms with Crippen LogP contribution in [0.3, 0.4) is 0 Å². The van der Waals surface area contributed by atoms with Gasteiger partial charge in [-0.05, 0) is 18.2 Å². The normalized spacial score (nSPS) is 11.1. The van der Waals surface area contributed by atoms with Gasteiger partial charge in [0.25, 0.3) is 0 Å². The molecule has 0 unspecified atom stereocenters. The lowest BCUT2D eigenvalue weighted by molar-refractivity contribution is 0.101. The molecule has 0 aliphatic heterocycles. The first-order valence-corrected chi connectivity index (χ1v) is 6.86. The van der Waals surface area contributed by atoms with Crippen molar-refractivity contribution in [1.29, 1.82) is 0 Å². The fourth-order valence-corrected chi connectivity index (χ4v) is 2.65. The Kier molecular flexibility index (Phi) is 2.76. The standard InChI is InChI=1S/C18H12O4/c1-20-17-13-7-8-14-12(9-10-21-14)16(13)22-18(17)15(19)11-5-3-2-4-6-11/h2-10H,1H3. The predicted molar refractivity (Wildman–Crippen MR) is 82.4 cm³/mol. The van der Waals surface area contributed by atoms with E-state index in [4.69, 9.17) is 13.6 Å². The minimum Gasteiger partial charge on any atom is -0.492 e. The maximum atomic E-state index is 12.7. The number of ketones is 1. The lowest BCUT2D eigenvalue weighted by Crippen LogP contribution is -2.01. The molecule has 0 aliphatic rings. The predicted octanol–water partition coefficient (Wildman–Crippen LogP) is 4.42. The molecule has 22 heavy (non-hydrogen) atoms. The summed E-state index contributed by atoms with van der Waals surface area (Å²) in [6.45, 7) is 0. The van der Waals surface area contributed by atoms with E-state index in [1.54, 1.807) is 18.4 Å². The average molecular weight is 292 g/mol. The highest BCUT2D eigenvalue weighted by Crippen LogP contribution is 2.38. The molecule has 0 amide bonds. The zero-order valence-electron chi connectivity index (χ0n) is 11.8. The average Bonchev–Trinajstić information content (AvgIpc) is 3.18. The van der Waals surface area contributed by atoms with Gasteiger partial charge in [-0.2, -0.15) is 0 Å². The lowest BCUT2D eigenvalue weighted by atomic mass is 10.1. The number of methoxy groups -OCH3 is 1. The quantitative estimate of drug-likeness (QED) is 0.524. The number of hydrogen-bond acceptors (Lipinski definition) is 4. The Morgan fingerprint density at radius 2 is 1.82 bits per heavy atom. The highest BCUT2D eigenvalue weighted by molar-refractivity contribution is 6.14. The van der Waals surface area contributed by atoms with Crippen molar-refractivity contribution in [3.8, 4) is 5.75 Å². The smallest absolute Gasteiger partial charge is 0.232 e. The van der Waals surface area contributed by atoms with Gasteiger partial charge < -0.3 is 13.6 Å². The van der Waals surface area contributed by atoms with Gasteiger partial charge in [0.2, 0.25) is 11.5 Å². The van der Waals surface area contributed by atoms with Crippen LogP contribution in [0.1, 0.15) is 16.1 Å². The van der Waals surface area contributed by atoms with E-state index in [9.17, 15) is 4.79 Å². The Hall–Kier alpha value is -3.01. The van der Waals surface area contributed by atoms with E-state index in [1.165, 1.54) is 7.11 Å². The number of carbonyl (C=O) groups is 1. The Morgan fingerprint density at radius 3 is 2.59 bits per heavy atom. The van der Waals surface area contributed by atoms with Crippen molar-refractivity contribution in [1.82, 2.24) is 0 Å². The molecule has 0 N–H and O–H groups in total. The van der Waals surface area contributed by atoms with Gasteiger partial charge in [-0.1, -0.05) is 30.3 Å². The summed E-state index contributed by atoms with van der Waals surface area (Å²) in [5, 5.41) is 1.58. The molecule has 4 aromatic rings. The second-order valence-electron chi connectivity index (χ2n) is 4.93. The Labute approximate surface area is 125 Å². The van der Waals surface area contributed by atoms with Crippen molar-refractivity contribution >= 4 is 27.7 Å². The first-order chi connectivity index (χ1) is 10.8. The van der Waals surface area contributed by atoms with Crippen LogP contribution in [0.15, 0.2) is 63.6 Å². The van der Waals surface area contributed by atoms with E-state index < -0.39 is 0 Å². The Balaban J connectivity index is 1.99. The van der Waals surface area contributed by atoms with Gasteiger partial charge in [-0.3, -0.25) is 4.79 Å². The molecule has 2 heterocycles. The molecule has 0 fully saturated rings. The number of furan rings is 2. The molecule has 0 saturated heterocycles. The van der Waals surface area contributed by atoms with Gasteiger partial charge in [0, 0.05) is 5.56 Å². The lowest BCUT2D eigenvalue weighted by Gasteiger charge is -2.00. The molecule has 4 rings (SSSR count). The second kappa shape index (κ2) is 4.77. The monoisotopic (exact) mass is 292 g/mol. The number of ether oxygens (including phenoxy) is 1. The SMILES string of the molecule is COc1c(C(=O)c2ccccc2)oc2c1ccc1occc12. The van der Waals surface area contributed by atoms with Crippen LogP contribution in [0, 0.1) is 0 Å². The molecule has 0 spiro atoms. The van der Waals surface area contributed by atoms with Gasteiger partial charge in [0.1, 0.15) is 11.2 Å². The van der Waals surface area contributed by atoms with E-state index in [0.29, 0.717) is 22.5 Å². The topological polar surface area (TPSA) is 52.6 Å². The van der Waals surface area contributed by atoms with E-state index in [1.807, 2.05) is 36.4 Å². The van der Waals surface area contributed by atoms with Gasteiger partial charge in [0.15, 0.2) is 5.75 Å². The second-order valence-corrected chi connectivity index (χ2v) is 4.93. The van der Waals surface area contributed by atoms with E-state index in [-0.39, 0.29) is 11.5 Å². The molecule has 2 aromatic heterocycles. The van der Waals surface area contributed by atoms with Crippen molar-refractivity contribution < 1.29 is 18.4 Å². The van der Waals surface area contributed by atoms with Crippen molar-refractivity contribution in [2.45, 2.75) is 0 Å². The van der Waals surface area contributed by atoms with Crippen LogP contribution in [0.25, 0.3) is 21.9 Å². The molecule has 4 heteroatoms. The third-order valence-electron chi connectivity index (χ3n) is 3.69. The minimum atomic E-state index is -0.203. The van der Waals surface area contributed by atoms with E-state index >= 15 is 0 Å². The molecule has 108 valence electrons. The minimum absolute atomic E-state index is 0.203. The number of hydrogen-bond donors (Lipinski definition) is 0. The molecule has 0 atom stereocenters. The fourth-order valence-electron chi connectivity index (χ4n) is 2.65. The van der Waals surface area contributed by atoms with Crippen LogP contribution in [-0.4, -0.2) is 12.9 Å². The zero-order chi connectivity index (χ0) is 15.1. The van der Waals surface area contributed by atoms with Gasteiger partial charge in [-0.25, -0.2) is 0 Å². The Bertz CT molecular complexity index is 976. The summed E-state index contributed by atoms with van der Waals surface area (Å²) in [6, 6.07) is 14.5. The van der Waals surface area contributed by atoms with Crippen molar-refractivity contribution in [3.05, 3.63) is 66.1 Å². The third kappa shape index (κ3) is 1.74. The van der Waals surface area contributed by atoms with Crippen LogP contribution in [-0.2, 0) is 0 Å². The van der Waals surface area contributed by atoms with Crippen molar-refractivity contribution in [3.63, 3.8) is 0 Å². The van der Waals surface area contributed by atoms with Crippen LogP contribution >= 0.6 is 0 Å². The van der Waals surface area contributed by atoms with Crippen LogP contribution in [0.2, 0.25) is 0 Å². The third-order valence-corrected chi connectivity index (χ3v) is 3.69. The zero-order valence-corrected chi connectivity index (χ0v) is 11.8. The van der Waals surface area contributed by atoms with Crippen molar-refractivity contribution in [2.24, 2.45) is 0 Å². The van der Waals surface area contributed by atoms with E-state index in [2.05, 4.69) is 0 Å². The summed E-state index contributed by atoms with van der Waals surface area (Å²) in [5.74, 6) is 0.453. The molecule has 2 aromatic carbocycles. The fraction of sp³-hybridized carbons (Fsp3) is 0.0556. The molecule has 0 saturated carbocycles.